The van der Waals surface area contributed by atoms with Crippen molar-refractivity contribution in [3.8, 4) is 0 Å². The summed E-state index contributed by atoms with van der Waals surface area (Å²) in [5.74, 6) is -6.28. The van der Waals surface area contributed by atoms with Crippen molar-refractivity contribution in [3.05, 3.63) is 58.2 Å². The van der Waals surface area contributed by atoms with Gasteiger partial charge in [0.25, 0.3) is 0 Å². The molecule has 1 aromatic carbocycles. The van der Waals surface area contributed by atoms with Crippen LogP contribution in [-0.2, 0) is 42.9 Å². The Morgan fingerprint density at radius 1 is 0.629 bits per heavy atom. The zero-order valence-corrected chi connectivity index (χ0v) is 41.2. The van der Waals surface area contributed by atoms with Gasteiger partial charge >= 0.3 is 17.9 Å². The van der Waals surface area contributed by atoms with Crippen LogP contribution in [0.2, 0.25) is 0 Å². The molecular weight excluding hydrogens is 917 g/mol. The highest BCUT2D eigenvalue weighted by molar-refractivity contribution is 5.95. The number of fused-ring (bicyclic) bond motifs is 10. The van der Waals surface area contributed by atoms with Crippen LogP contribution in [-0.4, -0.2) is 172 Å². The summed E-state index contributed by atoms with van der Waals surface area (Å²) in [6.45, 7) is 14.6. The molecule has 4 bridgehead atoms. The molecule has 0 amide bonds. The Morgan fingerprint density at radius 2 is 1.03 bits per heavy atom. The van der Waals surface area contributed by atoms with Crippen molar-refractivity contribution in [2.75, 3.05) is 13.2 Å². The lowest BCUT2D eigenvalue weighted by molar-refractivity contribution is -0.346. The van der Waals surface area contributed by atoms with Gasteiger partial charge in [0.2, 0.25) is 0 Å². The van der Waals surface area contributed by atoms with Gasteiger partial charge in [-0.2, -0.15) is 0 Å². The highest BCUT2D eigenvalue weighted by atomic mass is 16.6. The number of carbonyl (C=O) groups is 5. The van der Waals surface area contributed by atoms with Crippen molar-refractivity contribution < 1.29 is 95.0 Å². The highest BCUT2D eigenvalue weighted by Gasteiger charge is 2.79. The maximum Gasteiger partial charge on any atom is 0.338 e. The normalized spacial score (nSPS) is 46.4. The van der Waals surface area contributed by atoms with Crippen molar-refractivity contribution in [1.29, 1.82) is 0 Å². The standard InChI is InChI=1S/C29H36O10.C22H32O9.H2/c1-14-17(31)12-29(36)24(38-25(35)16-9-7-6-8-10-16)22-27(5,23(34)21(33)20(14)26(29,3)4)18(32)11-19-28(22,13-37-19)39-15(2)30;1-9-11(24)7-22(29)18(28)16-20(5,17(27)15(26)14(9)19(22,3)4)12(25)6-13-21(16,8-30-13)31-10(2)23;/h6-10,17-19,21-22,24,31-33,36H,11-13H2,1-5H3;11-13,15-16,18,24-26,28-29H,6-8H2,1-5H3;1H/t17-,18-,19+,21+,22-,24-,27+,28-,29+;11-,12-,13+,15+,16-,18-,20+,21-,22+;/m00./s1/i;;1+1. The molecule has 388 valence electrons. The molecule has 2 heterocycles. The minimum Gasteiger partial charge on any atom is -0.455 e. The lowest BCUT2D eigenvalue weighted by Crippen LogP contribution is -2.81. The Morgan fingerprint density at radius 3 is 1.44 bits per heavy atom. The zero-order chi connectivity index (χ0) is 52.0. The third kappa shape index (κ3) is 6.75. The van der Waals surface area contributed by atoms with Gasteiger partial charge in [-0.1, -0.05) is 45.9 Å². The van der Waals surface area contributed by atoms with Gasteiger partial charge < -0.3 is 69.6 Å². The number of carbonyl (C=O) groups excluding carboxylic acids is 5. The van der Waals surface area contributed by atoms with E-state index in [2.05, 4.69) is 0 Å². The van der Waals surface area contributed by atoms with E-state index < -0.39 is 146 Å². The first-order chi connectivity index (χ1) is 32.3. The Balaban J connectivity index is 0.000000211. The van der Waals surface area contributed by atoms with Crippen LogP contribution in [0, 0.1) is 33.5 Å². The Hall–Kier alpha value is -3.99. The average Bonchev–Trinajstić information content (AvgIpc) is 3.27. The first-order valence-corrected chi connectivity index (χ1v) is 23.9. The third-order valence-corrected chi connectivity index (χ3v) is 18.7. The van der Waals surface area contributed by atoms with E-state index in [0.29, 0.717) is 11.1 Å². The molecule has 70 heavy (non-hydrogen) atoms. The van der Waals surface area contributed by atoms with E-state index in [0.717, 1.165) is 0 Å². The van der Waals surface area contributed by atoms with Gasteiger partial charge in [-0.25, -0.2) is 4.79 Å². The minimum atomic E-state index is -2.07. The Kier molecular flexibility index (Phi) is 12.5. The minimum absolute atomic E-state index is 0. The largest absolute Gasteiger partial charge is 0.455 e. The number of ether oxygens (including phenoxy) is 5. The average molecular weight is 988 g/mol. The van der Waals surface area contributed by atoms with E-state index >= 15 is 0 Å². The van der Waals surface area contributed by atoms with Crippen molar-refractivity contribution in [2.45, 2.75) is 178 Å². The van der Waals surface area contributed by atoms with E-state index in [9.17, 15) is 69.9 Å². The molecule has 6 aliphatic carbocycles. The summed E-state index contributed by atoms with van der Waals surface area (Å²) >= 11 is 0. The summed E-state index contributed by atoms with van der Waals surface area (Å²) < 4.78 is 28.9. The lowest BCUT2D eigenvalue weighted by Gasteiger charge is -2.67. The van der Waals surface area contributed by atoms with Gasteiger partial charge in [-0.15, -0.1) is 0 Å². The van der Waals surface area contributed by atoms with Gasteiger partial charge in [0, 0.05) is 57.7 Å². The third-order valence-electron chi connectivity index (χ3n) is 18.7. The van der Waals surface area contributed by atoms with Crippen molar-refractivity contribution in [2.24, 2.45) is 33.5 Å². The lowest BCUT2D eigenvalue weighted by atomic mass is 9.44. The number of esters is 3. The maximum atomic E-state index is 14.3. The fraction of sp³-hybridized carbons (Fsp3) is 0.706. The molecule has 8 aliphatic rings. The van der Waals surface area contributed by atoms with E-state index in [1.54, 1.807) is 59.7 Å². The van der Waals surface area contributed by atoms with Crippen LogP contribution in [0.25, 0.3) is 0 Å². The van der Waals surface area contributed by atoms with Crippen molar-refractivity contribution in [1.82, 2.24) is 0 Å². The first-order valence-electron chi connectivity index (χ1n) is 23.9. The number of rotatable bonds is 4. The van der Waals surface area contributed by atoms with E-state index in [-0.39, 0.29) is 57.0 Å². The molecule has 0 spiro atoms. The van der Waals surface area contributed by atoms with Crippen LogP contribution in [0.5, 0.6) is 0 Å². The number of aliphatic hydroxyl groups is 9. The topological polar surface area (TPSA) is 314 Å². The number of Topliss-reactive ketones (excluding diaryl/α,β-unsaturated/α-hetero) is 2. The van der Waals surface area contributed by atoms with Crippen LogP contribution in [0.4, 0.5) is 0 Å². The monoisotopic (exact) mass is 987 g/mol. The van der Waals surface area contributed by atoms with Gasteiger partial charge in [-0.05, 0) is 62.1 Å². The molecule has 0 unspecified atom stereocenters. The summed E-state index contributed by atoms with van der Waals surface area (Å²) in [6, 6.07) is 8.08. The molecule has 0 radical (unpaired) electrons. The summed E-state index contributed by atoms with van der Waals surface area (Å²) in [6.07, 6.45) is -14.2. The van der Waals surface area contributed by atoms with E-state index in [1.807, 2.05) is 0 Å². The van der Waals surface area contributed by atoms with Gasteiger partial charge in [-0.3, -0.25) is 19.2 Å². The predicted octanol–water partition coefficient (Wildman–Crippen LogP) is 0.545. The molecule has 2 saturated heterocycles. The number of benzene rings is 1. The zero-order valence-electron chi connectivity index (χ0n) is 41.2. The molecular formula is C51H70O19. The van der Waals surface area contributed by atoms with Crippen LogP contribution < -0.4 is 0 Å². The molecule has 19 heteroatoms. The summed E-state index contributed by atoms with van der Waals surface area (Å²) in [5.41, 5.74) is -12.2. The number of ketones is 2. The van der Waals surface area contributed by atoms with Crippen molar-refractivity contribution >= 4 is 29.5 Å². The molecule has 9 N–H and O–H groups in total. The Labute approximate surface area is 406 Å². The smallest absolute Gasteiger partial charge is 0.338 e. The molecule has 2 aliphatic heterocycles. The SMILES string of the molecule is CC(=O)O[C@@]12CO[C@@H]1C[C@H](O)[C@@]1(C)C(=O)[C@H](O)C3=C(C)[C@@H](O)C[C@@](O)([C@@H](O)[C@H]21)C3(C)C.CC(=O)O[C@@]12CO[C@@H]1C[C@H](O)[C@@]1(C)C(=O)[C@H](O)C3=C(C)[C@@H](O)C[C@@](O)([C@@H](OC(=O)c4ccccc4)[C@H]21)C3(C)C.[2HH]. The predicted molar refractivity (Wildman–Crippen MR) is 243 cm³/mol. The number of aliphatic hydroxyl groups excluding tert-OH is 7. The molecule has 4 saturated carbocycles. The van der Waals surface area contributed by atoms with E-state index in [4.69, 9.17) is 23.7 Å². The molecule has 9 rings (SSSR count). The van der Waals surface area contributed by atoms with Gasteiger partial charge in [0.1, 0.15) is 41.7 Å². The molecule has 1 aromatic rings. The van der Waals surface area contributed by atoms with Crippen LogP contribution in [0.1, 0.15) is 107 Å². The van der Waals surface area contributed by atoms with Crippen molar-refractivity contribution in [3.63, 3.8) is 0 Å². The first kappa shape index (κ1) is 52.3. The Bertz CT molecular complexity index is 2440. The summed E-state index contributed by atoms with van der Waals surface area (Å²) in [7, 11) is 0. The molecule has 6 fully saturated rings. The highest BCUT2D eigenvalue weighted by Crippen LogP contribution is 2.65. The molecule has 18 atom stereocenters. The summed E-state index contributed by atoms with van der Waals surface area (Å²) in [4.78, 5) is 66.1. The second-order valence-electron chi connectivity index (χ2n) is 22.6. The van der Waals surface area contributed by atoms with Gasteiger partial charge in [0.05, 0.1) is 66.0 Å². The number of hydrogen-bond donors (Lipinski definition) is 9. The fourth-order valence-corrected chi connectivity index (χ4v) is 14.4. The van der Waals surface area contributed by atoms with Crippen LogP contribution >= 0.6 is 0 Å². The van der Waals surface area contributed by atoms with Crippen LogP contribution in [0.15, 0.2) is 52.6 Å². The summed E-state index contributed by atoms with van der Waals surface area (Å²) in [5, 5.41) is 103. The maximum absolute atomic E-state index is 14.3. The second kappa shape index (κ2) is 16.8. The van der Waals surface area contributed by atoms with Gasteiger partial charge in [0.15, 0.2) is 22.8 Å². The molecule has 19 nitrogen and oxygen atoms in total. The fourth-order valence-electron chi connectivity index (χ4n) is 14.4. The molecule has 0 aromatic heterocycles. The van der Waals surface area contributed by atoms with E-state index in [1.165, 1.54) is 39.8 Å². The van der Waals surface area contributed by atoms with Crippen LogP contribution in [0.3, 0.4) is 0 Å². The quantitative estimate of drug-likeness (QED) is 0.113. The second-order valence-corrected chi connectivity index (χ2v) is 22.6. The number of hydrogen-bond acceptors (Lipinski definition) is 19.